The zero-order valence-corrected chi connectivity index (χ0v) is 11.8. The first kappa shape index (κ1) is 43.3. The summed E-state index contributed by atoms with van der Waals surface area (Å²) in [5.41, 5.74) is 0. The Morgan fingerprint density at radius 2 is 0.471 bits per heavy atom. The van der Waals surface area contributed by atoms with Crippen LogP contribution in [0.3, 0.4) is 0 Å². The van der Waals surface area contributed by atoms with Crippen LogP contribution < -0.4 is 0 Å². The van der Waals surface area contributed by atoms with Gasteiger partial charge in [-0.2, -0.15) is 0 Å². The minimum atomic E-state index is -0.250. The van der Waals surface area contributed by atoms with Crippen LogP contribution in [0.15, 0.2) is 0 Å². The van der Waals surface area contributed by atoms with Crippen LogP contribution in [0.25, 0.3) is 0 Å². The van der Waals surface area contributed by atoms with Gasteiger partial charge in [-0.15, -0.1) is 0 Å². The molecule has 0 saturated heterocycles. The molecule has 10 nitrogen and oxygen atoms in total. The molecular formula is H5B5MgO10Tb+5. The third-order valence-electron chi connectivity index (χ3n) is 0. The van der Waals surface area contributed by atoms with Gasteiger partial charge in [0.05, 0.1) is 0 Å². The van der Waals surface area contributed by atoms with Crippen LogP contribution in [0.1, 0.15) is 0 Å². The smallest absolute Gasteiger partial charge is 2.00 e. The summed E-state index contributed by atoms with van der Waals surface area (Å²) in [6.45, 7) is 0. The van der Waals surface area contributed by atoms with E-state index in [2.05, 4.69) is 0 Å². The van der Waals surface area contributed by atoms with Crippen molar-refractivity contribution >= 4 is 59.8 Å². The molecule has 0 rings (SSSR count). The Hall–Kier alpha value is 0.377. The van der Waals surface area contributed by atoms with Crippen molar-refractivity contribution < 1.29 is 87.3 Å². The second-order valence-corrected chi connectivity index (χ2v) is 0.527. The summed E-state index contributed by atoms with van der Waals surface area (Å²) in [4.78, 5) is 0. The molecule has 0 spiro atoms. The maximum Gasteiger partial charge on any atom is 3.00 e. The summed E-state index contributed by atoms with van der Waals surface area (Å²) >= 11 is 0. The minimum Gasteiger partial charge on any atom is 2.00 e. The molecule has 0 bridgehead atoms. The molecule has 0 saturated carbocycles. The van der Waals surface area contributed by atoms with Crippen molar-refractivity contribution in [1.29, 1.82) is 0 Å². The van der Waals surface area contributed by atoms with E-state index in [1.54, 1.807) is 0 Å². The fourth-order valence-corrected chi connectivity index (χ4v) is 0. The second kappa shape index (κ2) is 134. The standard InChI is InChI=1S/5BHO2.Mg.Tb/c5*2-1-3;;/h5*2H;;/q;;;;;+2;+3. The summed E-state index contributed by atoms with van der Waals surface area (Å²) in [5.74, 6) is 0. The monoisotopic (exact) mass is 403 g/mol. The third-order valence-corrected chi connectivity index (χ3v) is 0. The molecule has 0 atom stereocenters. The molecule has 0 aliphatic rings. The average Bonchev–Trinajstić information content (AvgIpc) is 2.09. The van der Waals surface area contributed by atoms with Crippen LogP contribution >= 0.6 is 0 Å². The predicted octanol–water partition coefficient (Wildman–Crippen LogP) is -5.66. The molecule has 0 heterocycles. The number of hydrogen-bond acceptors (Lipinski definition) is 5. The first-order chi connectivity index (χ1) is 7.07. The Bertz CT molecular complexity index is 97.0. The molecule has 0 amide bonds. The van der Waals surface area contributed by atoms with Gasteiger partial charge in [0.2, 0.25) is 0 Å². The van der Waals surface area contributed by atoms with Crippen molar-refractivity contribution in [3.05, 3.63) is 0 Å². The zero-order chi connectivity index (χ0) is 13.5. The summed E-state index contributed by atoms with van der Waals surface area (Å²) in [5, 5.41) is 34.4. The number of hydrogen-bond donors (Lipinski definition) is 5. The molecule has 0 aromatic heterocycles. The molecule has 0 aliphatic heterocycles. The Balaban J connectivity index is -0.0000000143. The van der Waals surface area contributed by atoms with Gasteiger partial charge < -0.3 is 0 Å². The van der Waals surface area contributed by atoms with Crippen LogP contribution in [0.2, 0.25) is 0 Å². The molecule has 5 N–H and O–H groups in total. The van der Waals surface area contributed by atoms with E-state index in [0.29, 0.717) is 0 Å². The van der Waals surface area contributed by atoms with E-state index in [0.717, 1.165) is 0 Å². The second-order valence-electron chi connectivity index (χ2n) is 0.527. The largest absolute Gasteiger partial charge is 3.00 e. The van der Waals surface area contributed by atoms with Crippen molar-refractivity contribution in [2.45, 2.75) is 0 Å². The molecule has 0 aromatic rings. The average molecular weight is 402 g/mol. The van der Waals surface area contributed by atoms with Crippen molar-refractivity contribution in [1.82, 2.24) is 0 Å². The minimum absolute atomic E-state index is 0. The normalized spacial score (nSPS) is 2.35. The Morgan fingerprint density at radius 3 is 0.471 bits per heavy atom. The van der Waals surface area contributed by atoms with E-state index in [4.69, 9.17) is 48.6 Å². The van der Waals surface area contributed by atoms with Gasteiger partial charge in [-0.1, -0.05) is 0 Å². The SMILES string of the molecule is O=BO.O=BO.O=BO.O=BO.O=BO.[Mg+2].[Tb+3]. The molecule has 0 aliphatic carbocycles. The summed E-state index contributed by atoms with van der Waals surface area (Å²) < 4.78 is 41.8. The van der Waals surface area contributed by atoms with Gasteiger partial charge in [0, 0.05) is 0 Å². The fraction of sp³-hybridized carbons (Fsp3) is 0. The topological polar surface area (TPSA) is 186 Å². The predicted molar refractivity (Wildman–Crippen MR) is 49.1 cm³/mol. The van der Waals surface area contributed by atoms with Gasteiger partial charge >= 0.3 is 147 Å². The van der Waals surface area contributed by atoms with E-state index >= 15 is 0 Å². The molecule has 0 fully saturated rings. The summed E-state index contributed by atoms with van der Waals surface area (Å²) in [6, 6.07) is 0. The van der Waals surface area contributed by atoms with E-state index < -0.39 is 0 Å². The zero-order valence-electron chi connectivity index (χ0n) is 8.20. The molecule has 17 heavy (non-hydrogen) atoms. The van der Waals surface area contributed by atoms with Crippen molar-refractivity contribution in [2.75, 3.05) is 0 Å². The molecular weight excluding hydrogens is 397 g/mol. The third kappa shape index (κ3) is 23900. The van der Waals surface area contributed by atoms with Crippen LogP contribution in [-0.2, 0) is 23.5 Å². The molecule has 0 radical (unpaired) electrons. The van der Waals surface area contributed by atoms with Crippen LogP contribution in [0.4, 0.5) is 0 Å². The van der Waals surface area contributed by atoms with Crippen molar-refractivity contribution in [2.24, 2.45) is 0 Å². The first-order valence-corrected chi connectivity index (χ1v) is 2.47. The molecule has 86 valence electrons. The summed E-state index contributed by atoms with van der Waals surface area (Å²) in [6.07, 6.45) is 0. The van der Waals surface area contributed by atoms with E-state index in [1.807, 2.05) is 0 Å². The Morgan fingerprint density at radius 1 is 0.471 bits per heavy atom. The van der Waals surface area contributed by atoms with Crippen molar-refractivity contribution in [3.8, 4) is 0 Å². The first-order valence-electron chi connectivity index (χ1n) is 2.47. The summed E-state index contributed by atoms with van der Waals surface area (Å²) in [7, 11) is -1.25. The van der Waals surface area contributed by atoms with E-state index in [9.17, 15) is 0 Å². The Kier molecular flexibility index (Phi) is 341. The maximum atomic E-state index is 8.36. The van der Waals surface area contributed by atoms with E-state index in [1.165, 1.54) is 0 Å². The van der Waals surface area contributed by atoms with Gasteiger partial charge in [0.25, 0.3) is 0 Å². The van der Waals surface area contributed by atoms with E-state index in [-0.39, 0.29) is 98.4 Å². The number of rotatable bonds is 0. The van der Waals surface area contributed by atoms with Gasteiger partial charge in [-0.05, 0) is 0 Å². The molecule has 0 aromatic carbocycles. The van der Waals surface area contributed by atoms with Gasteiger partial charge in [-0.3, -0.25) is 0 Å². The molecule has 0 unspecified atom stereocenters. The van der Waals surface area contributed by atoms with Crippen LogP contribution in [-0.4, -0.2) is 84.9 Å². The fourth-order valence-electron chi connectivity index (χ4n) is 0. The van der Waals surface area contributed by atoms with Gasteiger partial charge in [0.15, 0.2) is 0 Å². The van der Waals surface area contributed by atoms with Crippen molar-refractivity contribution in [3.63, 3.8) is 0 Å². The van der Waals surface area contributed by atoms with Crippen LogP contribution in [0.5, 0.6) is 0 Å². The quantitative estimate of drug-likeness (QED) is 0.244. The Labute approximate surface area is 146 Å². The van der Waals surface area contributed by atoms with Crippen LogP contribution in [0, 0.1) is 38.6 Å². The molecule has 17 heteroatoms. The van der Waals surface area contributed by atoms with Gasteiger partial charge in [-0.25, -0.2) is 0 Å². The van der Waals surface area contributed by atoms with Gasteiger partial charge in [0.1, 0.15) is 0 Å². The maximum absolute atomic E-state index is 8.36.